The number of hydrogen-bond donors (Lipinski definition) is 1. The molecule has 0 aliphatic carbocycles. The molecule has 4 rings (SSSR count). The van der Waals surface area contributed by atoms with E-state index in [0.29, 0.717) is 29.4 Å². The highest BCUT2D eigenvalue weighted by atomic mass is 127. The van der Waals surface area contributed by atoms with Crippen LogP contribution in [0, 0.1) is 3.57 Å². The first-order valence-electron chi connectivity index (χ1n) is 10.6. The van der Waals surface area contributed by atoms with Crippen molar-refractivity contribution in [3.8, 4) is 17.2 Å². The summed E-state index contributed by atoms with van der Waals surface area (Å²) in [7, 11) is 3.11. The second kappa shape index (κ2) is 11.5. The summed E-state index contributed by atoms with van der Waals surface area (Å²) >= 11 is 5.58. The number of carbonyl (C=O) groups excluding carboxylic acids is 1. The molecular weight excluding hydrogens is 623 g/mol. The van der Waals surface area contributed by atoms with E-state index in [4.69, 9.17) is 14.2 Å². The van der Waals surface area contributed by atoms with E-state index in [1.807, 2.05) is 30.3 Å². The van der Waals surface area contributed by atoms with Gasteiger partial charge in [-0.1, -0.05) is 58.4 Å². The fourth-order valence-electron chi connectivity index (χ4n) is 3.61. The number of ether oxygens (including phenoxy) is 3. The summed E-state index contributed by atoms with van der Waals surface area (Å²) in [4.78, 5) is 12.6. The van der Waals surface area contributed by atoms with Crippen LogP contribution in [0.25, 0.3) is 10.8 Å². The Hall–Kier alpha value is -3.11. The Morgan fingerprint density at radius 3 is 2.57 bits per heavy atom. The maximum absolute atomic E-state index is 12.6. The molecule has 1 N–H and O–H groups in total. The van der Waals surface area contributed by atoms with Gasteiger partial charge in [-0.05, 0) is 74.8 Å². The van der Waals surface area contributed by atoms with Crippen LogP contribution in [0.3, 0.4) is 0 Å². The highest BCUT2D eigenvalue weighted by molar-refractivity contribution is 14.1. The van der Waals surface area contributed by atoms with Gasteiger partial charge < -0.3 is 14.2 Å². The van der Waals surface area contributed by atoms with E-state index in [-0.39, 0.29) is 5.91 Å². The molecule has 178 valence electrons. The minimum Gasteiger partial charge on any atom is -0.496 e. The Bertz CT molecular complexity index is 1400. The third kappa shape index (κ3) is 5.94. The lowest BCUT2D eigenvalue weighted by atomic mass is 10.1. The number of halogens is 2. The second-order valence-corrected chi connectivity index (χ2v) is 9.58. The van der Waals surface area contributed by atoms with Crippen molar-refractivity contribution in [1.82, 2.24) is 5.43 Å². The molecule has 0 spiro atoms. The molecule has 0 atom stereocenters. The number of amides is 1. The number of fused-ring (bicyclic) bond motifs is 1. The monoisotopic (exact) mass is 644 g/mol. The van der Waals surface area contributed by atoms with Gasteiger partial charge in [-0.3, -0.25) is 4.79 Å². The molecule has 0 aromatic heterocycles. The molecule has 0 radical (unpaired) electrons. The molecule has 0 saturated heterocycles. The number of methoxy groups -OCH3 is 2. The molecular formula is C27H22BrIN2O4. The number of hydrazone groups is 1. The molecule has 8 heteroatoms. The molecule has 4 aromatic rings. The van der Waals surface area contributed by atoms with Gasteiger partial charge in [0, 0.05) is 4.47 Å². The normalized spacial score (nSPS) is 11.0. The van der Waals surface area contributed by atoms with Crippen LogP contribution >= 0.6 is 38.5 Å². The van der Waals surface area contributed by atoms with E-state index < -0.39 is 0 Å². The van der Waals surface area contributed by atoms with Crippen LogP contribution in [0.5, 0.6) is 17.2 Å². The average Bonchev–Trinajstić information content (AvgIpc) is 2.87. The van der Waals surface area contributed by atoms with Crippen molar-refractivity contribution < 1.29 is 19.0 Å². The Morgan fingerprint density at radius 2 is 1.77 bits per heavy atom. The summed E-state index contributed by atoms with van der Waals surface area (Å²) in [6.45, 7) is 0.408. The van der Waals surface area contributed by atoms with Gasteiger partial charge in [-0.25, -0.2) is 5.43 Å². The predicted molar refractivity (Wildman–Crippen MR) is 150 cm³/mol. The first-order valence-corrected chi connectivity index (χ1v) is 12.5. The molecule has 4 aromatic carbocycles. The lowest BCUT2D eigenvalue weighted by Gasteiger charge is -2.14. The zero-order valence-electron chi connectivity index (χ0n) is 19.0. The van der Waals surface area contributed by atoms with Gasteiger partial charge in [0.25, 0.3) is 5.91 Å². The molecule has 0 aliphatic heterocycles. The van der Waals surface area contributed by atoms with Crippen LogP contribution in [0.1, 0.15) is 21.5 Å². The van der Waals surface area contributed by atoms with Gasteiger partial charge in [0.05, 0.1) is 29.6 Å². The topological polar surface area (TPSA) is 69.2 Å². The van der Waals surface area contributed by atoms with E-state index in [9.17, 15) is 4.79 Å². The number of rotatable bonds is 8. The molecule has 0 unspecified atom stereocenters. The van der Waals surface area contributed by atoms with E-state index in [1.165, 1.54) is 12.5 Å². The molecule has 0 bridgehead atoms. The van der Waals surface area contributed by atoms with Crippen LogP contribution < -0.4 is 19.6 Å². The first-order chi connectivity index (χ1) is 17.0. The summed E-state index contributed by atoms with van der Waals surface area (Å²) in [6.07, 6.45) is 1.56. The van der Waals surface area contributed by atoms with Gasteiger partial charge in [0.2, 0.25) is 0 Å². The summed E-state index contributed by atoms with van der Waals surface area (Å²) in [5.41, 5.74) is 4.77. The van der Waals surface area contributed by atoms with Crippen molar-refractivity contribution in [3.05, 3.63) is 97.5 Å². The zero-order chi connectivity index (χ0) is 24.8. The molecule has 1 amide bonds. The molecule has 35 heavy (non-hydrogen) atoms. The van der Waals surface area contributed by atoms with Crippen LogP contribution in [0.2, 0.25) is 0 Å². The number of hydrogen-bond acceptors (Lipinski definition) is 5. The lowest BCUT2D eigenvalue weighted by Crippen LogP contribution is -2.18. The van der Waals surface area contributed by atoms with Gasteiger partial charge in [0.1, 0.15) is 12.4 Å². The van der Waals surface area contributed by atoms with Gasteiger partial charge in [-0.2, -0.15) is 5.10 Å². The third-order valence-corrected chi connectivity index (χ3v) is 6.58. The smallest absolute Gasteiger partial charge is 0.275 e. The Morgan fingerprint density at radius 1 is 1.00 bits per heavy atom. The molecule has 0 heterocycles. The van der Waals surface area contributed by atoms with Crippen LogP contribution in [0.4, 0.5) is 0 Å². The van der Waals surface area contributed by atoms with Gasteiger partial charge in [0.15, 0.2) is 11.5 Å². The van der Waals surface area contributed by atoms with Gasteiger partial charge in [-0.15, -0.1) is 0 Å². The molecule has 0 saturated carbocycles. The van der Waals surface area contributed by atoms with Crippen molar-refractivity contribution in [1.29, 1.82) is 0 Å². The van der Waals surface area contributed by atoms with Crippen LogP contribution in [-0.4, -0.2) is 26.3 Å². The largest absolute Gasteiger partial charge is 0.496 e. The Kier molecular flexibility index (Phi) is 8.25. The maximum atomic E-state index is 12.6. The van der Waals surface area contributed by atoms with Crippen LogP contribution in [0.15, 0.2) is 82.4 Å². The fraction of sp³-hybridized carbons (Fsp3) is 0.111. The van der Waals surface area contributed by atoms with Crippen molar-refractivity contribution >= 4 is 61.4 Å². The van der Waals surface area contributed by atoms with E-state index in [2.05, 4.69) is 73.3 Å². The highest BCUT2D eigenvalue weighted by Gasteiger charge is 2.14. The fourth-order valence-corrected chi connectivity index (χ4v) is 4.75. The zero-order valence-corrected chi connectivity index (χ0v) is 22.8. The first kappa shape index (κ1) is 25.0. The summed E-state index contributed by atoms with van der Waals surface area (Å²) in [5.74, 6) is 1.32. The summed E-state index contributed by atoms with van der Waals surface area (Å²) in [5, 5.41) is 6.43. The number of nitrogens with zero attached hydrogens (tertiary/aromatic N) is 1. The van der Waals surface area contributed by atoms with E-state index in [0.717, 1.165) is 24.6 Å². The number of nitrogens with one attached hydrogen (secondary N) is 1. The minimum absolute atomic E-state index is 0.378. The third-order valence-electron chi connectivity index (χ3n) is 5.29. The summed E-state index contributed by atoms with van der Waals surface area (Å²) < 4.78 is 18.7. The predicted octanol–water partition coefficient (Wildman–Crippen LogP) is 6.57. The van der Waals surface area contributed by atoms with E-state index >= 15 is 0 Å². The Labute approximate surface area is 225 Å². The quantitative estimate of drug-likeness (QED) is 0.134. The summed E-state index contributed by atoms with van der Waals surface area (Å²) in [6, 6.07) is 23.3. The second-order valence-electron chi connectivity index (χ2n) is 7.50. The van der Waals surface area contributed by atoms with Crippen molar-refractivity contribution in [2.45, 2.75) is 6.61 Å². The highest BCUT2D eigenvalue weighted by Crippen LogP contribution is 2.34. The van der Waals surface area contributed by atoms with Crippen molar-refractivity contribution in [2.24, 2.45) is 5.10 Å². The minimum atomic E-state index is -0.379. The van der Waals surface area contributed by atoms with E-state index in [1.54, 1.807) is 31.5 Å². The van der Waals surface area contributed by atoms with Crippen LogP contribution in [-0.2, 0) is 6.61 Å². The Balaban J connectivity index is 1.49. The molecule has 0 aliphatic rings. The SMILES string of the molecule is COc1ccc(Br)cc1C(=O)N/N=C\c1cc(I)c(OCc2cccc3ccccc23)c(OC)c1. The van der Waals surface area contributed by atoms with Crippen molar-refractivity contribution in [2.75, 3.05) is 14.2 Å². The lowest BCUT2D eigenvalue weighted by molar-refractivity contribution is 0.0952. The number of benzene rings is 4. The standard InChI is InChI=1S/C27H22BrIN2O4/c1-33-24-11-10-20(28)14-22(24)27(32)31-30-15-17-12-23(29)26(25(13-17)34-2)35-16-19-8-5-7-18-6-3-4-9-21(18)19/h3-15H,16H2,1-2H3,(H,31,32)/b30-15-. The van der Waals surface area contributed by atoms with Crippen molar-refractivity contribution in [3.63, 3.8) is 0 Å². The van der Waals surface area contributed by atoms with Gasteiger partial charge >= 0.3 is 0 Å². The average molecular weight is 645 g/mol. The maximum Gasteiger partial charge on any atom is 0.275 e. The molecule has 6 nitrogen and oxygen atoms in total. The molecule has 0 fully saturated rings. The number of carbonyl (C=O) groups is 1.